The number of fused-ring (bicyclic) bond motifs is 1. The summed E-state index contributed by atoms with van der Waals surface area (Å²) >= 11 is 0. The maximum atomic E-state index is 12.1. The van der Waals surface area contributed by atoms with E-state index in [2.05, 4.69) is 5.32 Å². The van der Waals surface area contributed by atoms with Crippen molar-refractivity contribution in [2.45, 2.75) is 6.42 Å². The molecule has 0 heterocycles. The summed E-state index contributed by atoms with van der Waals surface area (Å²) in [5.41, 5.74) is 0.463. The van der Waals surface area contributed by atoms with Crippen LogP contribution in [0.4, 0.5) is 11.4 Å². The number of nitro groups is 1. The van der Waals surface area contributed by atoms with Gasteiger partial charge in [-0.1, -0.05) is 42.5 Å². The van der Waals surface area contributed by atoms with Crippen LogP contribution >= 0.6 is 0 Å². The van der Waals surface area contributed by atoms with Crippen LogP contribution < -0.4 is 10.1 Å². The van der Waals surface area contributed by atoms with Crippen molar-refractivity contribution in [1.82, 2.24) is 0 Å². The third-order valence-corrected chi connectivity index (χ3v) is 4.25. The van der Waals surface area contributed by atoms with Gasteiger partial charge in [0.1, 0.15) is 11.4 Å². The Morgan fingerprint density at radius 3 is 2.59 bits per heavy atom. The summed E-state index contributed by atoms with van der Waals surface area (Å²) < 4.78 is 9.97. The molecule has 0 fully saturated rings. The molecule has 0 unspecified atom stereocenters. The minimum absolute atomic E-state index is 0.00842. The number of carbonyl (C=O) groups excluding carboxylic acids is 2. The molecular formula is C21H18N2O6. The van der Waals surface area contributed by atoms with Crippen LogP contribution in [0.5, 0.6) is 5.75 Å². The van der Waals surface area contributed by atoms with Gasteiger partial charge in [-0.3, -0.25) is 19.7 Å². The van der Waals surface area contributed by atoms with E-state index in [1.165, 1.54) is 25.3 Å². The second-order valence-electron chi connectivity index (χ2n) is 6.16. The van der Waals surface area contributed by atoms with Crippen LogP contribution in [-0.4, -0.2) is 30.5 Å². The number of nitro benzene ring substituents is 1. The fourth-order valence-electron chi connectivity index (χ4n) is 2.88. The number of carbonyl (C=O) groups is 2. The standard InChI is InChI=1S/C21H18N2O6/c1-28-16-9-10-18(19(12-16)23(26)27)22-20(24)13-29-21(25)11-15-7-4-6-14-5-2-3-8-17(14)15/h2-10,12H,11,13H2,1H3,(H,22,24). The van der Waals surface area contributed by atoms with Gasteiger partial charge in [-0.15, -0.1) is 0 Å². The fourth-order valence-corrected chi connectivity index (χ4v) is 2.88. The maximum absolute atomic E-state index is 12.1. The number of esters is 1. The normalized spacial score (nSPS) is 10.4. The molecule has 1 amide bonds. The topological polar surface area (TPSA) is 108 Å². The van der Waals surface area contributed by atoms with E-state index >= 15 is 0 Å². The second-order valence-corrected chi connectivity index (χ2v) is 6.16. The average molecular weight is 394 g/mol. The quantitative estimate of drug-likeness (QED) is 0.373. The largest absolute Gasteiger partial charge is 0.496 e. The molecule has 0 aliphatic heterocycles. The molecule has 0 spiro atoms. The molecule has 0 aromatic heterocycles. The Morgan fingerprint density at radius 2 is 1.83 bits per heavy atom. The first-order valence-corrected chi connectivity index (χ1v) is 8.72. The van der Waals surface area contributed by atoms with Crippen LogP contribution in [0, 0.1) is 10.1 Å². The van der Waals surface area contributed by atoms with E-state index in [-0.39, 0.29) is 23.5 Å². The molecule has 3 aromatic carbocycles. The Hall–Kier alpha value is -3.94. The Bertz CT molecular complexity index is 1070. The molecule has 0 saturated heterocycles. The van der Waals surface area contributed by atoms with Gasteiger partial charge in [0.05, 0.1) is 24.5 Å². The van der Waals surface area contributed by atoms with Gasteiger partial charge in [-0.05, 0) is 28.5 Å². The summed E-state index contributed by atoms with van der Waals surface area (Å²) in [4.78, 5) is 34.7. The van der Waals surface area contributed by atoms with Crippen molar-refractivity contribution >= 4 is 34.0 Å². The molecule has 3 aromatic rings. The highest BCUT2D eigenvalue weighted by atomic mass is 16.6. The lowest BCUT2D eigenvalue weighted by Crippen LogP contribution is -2.22. The molecule has 8 nitrogen and oxygen atoms in total. The Balaban J connectivity index is 1.61. The van der Waals surface area contributed by atoms with Gasteiger partial charge in [-0.25, -0.2) is 0 Å². The van der Waals surface area contributed by atoms with Crippen molar-refractivity contribution in [2.75, 3.05) is 19.0 Å². The molecular weight excluding hydrogens is 376 g/mol. The second kappa shape index (κ2) is 8.83. The van der Waals surface area contributed by atoms with Gasteiger partial charge in [0.25, 0.3) is 11.6 Å². The summed E-state index contributed by atoms with van der Waals surface area (Å²) in [5.74, 6) is -0.957. The summed E-state index contributed by atoms with van der Waals surface area (Å²) in [7, 11) is 1.38. The van der Waals surface area contributed by atoms with E-state index in [9.17, 15) is 19.7 Å². The van der Waals surface area contributed by atoms with E-state index in [0.29, 0.717) is 0 Å². The highest BCUT2D eigenvalue weighted by Gasteiger charge is 2.18. The van der Waals surface area contributed by atoms with Gasteiger partial charge in [-0.2, -0.15) is 0 Å². The first-order valence-electron chi connectivity index (χ1n) is 8.72. The lowest BCUT2D eigenvalue weighted by atomic mass is 10.0. The Kier molecular flexibility index (Phi) is 6.03. The number of hydrogen-bond donors (Lipinski definition) is 1. The van der Waals surface area contributed by atoms with Crippen LogP contribution in [0.25, 0.3) is 10.8 Å². The van der Waals surface area contributed by atoms with Crippen LogP contribution in [0.2, 0.25) is 0 Å². The van der Waals surface area contributed by atoms with E-state index in [1.807, 2.05) is 42.5 Å². The van der Waals surface area contributed by atoms with E-state index in [0.717, 1.165) is 16.3 Å². The number of rotatable bonds is 7. The molecule has 0 atom stereocenters. The zero-order valence-corrected chi connectivity index (χ0v) is 15.6. The first kappa shape index (κ1) is 19.8. The van der Waals surface area contributed by atoms with Gasteiger partial charge >= 0.3 is 5.97 Å². The number of nitrogens with one attached hydrogen (secondary N) is 1. The van der Waals surface area contributed by atoms with E-state index in [4.69, 9.17) is 9.47 Å². The van der Waals surface area contributed by atoms with Gasteiger partial charge in [0.15, 0.2) is 6.61 Å². The van der Waals surface area contributed by atoms with Crippen molar-refractivity contribution in [3.63, 3.8) is 0 Å². The van der Waals surface area contributed by atoms with Crippen molar-refractivity contribution in [1.29, 1.82) is 0 Å². The van der Waals surface area contributed by atoms with Gasteiger partial charge in [0.2, 0.25) is 0 Å². The first-order chi connectivity index (χ1) is 14.0. The van der Waals surface area contributed by atoms with Crippen molar-refractivity contribution in [3.8, 4) is 5.75 Å². The van der Waals surface area contributed by atoms with Crippen LogP contribution in [0.1, 0.15) is 5.56 Å². The summed E-state index contributed by atoms with van der Waals surface area (Å²) in [5, 5.41) is 15.5. The summed E-state index contributed by atoms with van der Waals surface area (Å²) in [6.45, 7) is -0.549. The average Bonchev–Trinajstić information content (AvgIpc) is 2.72. The molecule has 3 rings (SSSR count). The predicted octanol–water partition coefficient (Wildman–Crippen LogP) is 3.48. The number of ether oxygens (including phenoxy) is 2. The van der Waals surface area contributed by atoms with Gasteiger partial charge < -0.3 is 14.8 Å². The third-order valence-electron chi connectivity index (χ3n) is 4.25. The van der Waals surface area contributed by atoms with Crippen LogP contribution in [0.15, 0.2) is 60.7 Å². The number of benzene rings is 3. The molecule has 0 aliphatic carbocycles. The smallest absolute Gasteiger partial charge is 0.310 e. The maximum Gasteiger partial charge on any atom is 0.310 e. The molecule has 8 heteroatoms. The predicted molar refractivity (Wildman–Crippen MR) is 107 cm³/mol. The SMILES string of the molecule is COc1ccc(NC(=O)COC(=O)Cc2cccc3ccccc23)c([N+](=O)[O-])c1. The minimum Gasteiger partial charge on any atom is -0.496 e. The van der Waals surface area contributed by atoms with Crippen LogP contribution in [0.3, 0.4) is 0 Å². The molecule has 0 aliphatic rings. The summed E-state index contributed by atoms with van der Waals surface area (Å²) in [6.07, 6.45) is 0.0112. The zero-order valence-electron chi connectivity index (χ0n) is 15.6. The van der Waals surface area contributed by atoms with E-state index in [1.54, 1.807) is 0 Å². The number of anilines is 1. The Labute approximate surface area is 166 Å². The highest BCUT2D eigenvalue weighted by molar-refractivity contribution is 5.95. The lowest BCUT2D eigenvalue weighted by molar-refractivity contribution is -0.384. The molecule has 29 heavy (non-hydrogen) atoms. The zero-order chi connectivity index (χ0) is 20.8. The van der Waals surface area contributed by atoms with Crippen LogP contribution in [-0.2, 0) is 20.7 Å². The number of hydrogen-bond acceptors (Lipinski definition) is 6. The fraction of sp³-hybridized carbons (Fsp3) is 0.143. The third kappa shape index (κ3) is 4.86. The van der Waals surface area contributed by atoms with Gasteiger partial charge in [0, 0.05) is 0 Å². The van der Waals surface area contributed by atoms with Crippen molar-refractivity contribution < 1.29 is 24.0 Å². The molecule has 0 saturated carbocycles. The molecule has 0 radical (unpaired) electrons. The number of nitrogens with zero attached hydrogens (tertiary/aromatic N) is 1. The number of methoxy groups -OCH3 is 1. The molecule has 1 N–H and O–H groups in total. The monoisotopic (exact) mass is 394 g/mol. The number of amides is 1. The molecule has 0 bridgehead atoms. The van der Waals surface area contributed by atoms with E-state index < -0.39 is 23.4 Å². The Morgan fingerprint density at radius 1 is 1.07 bits per heavy atom. The minimum atomic E-state index is -0.676. The van der Waals surface area contributed by atoms with Crippen molar-refractivity contribution in [3.05, 3.63) is 76.3 Å². The lowest BCUT2D eigenvalue weighted by Gasteiger charge is -2.09. The highest BCUT2D eigenvalue weighted by Crippen LogP contribution is 2.28. The van der Waals surface area contributed by atoms with Crippen molar-refractivity contribution in [2.24, 2.45) is 0 Å². The summed E-state index contributed by atoms with van der Waals surface area (Å²) in [6, 6.07) is 17.3. The molecule has 148 valence electrons.